The fourth-order valence-corrected chi connectivity index (χ4v) is 2.80. The van der Waals surface area contributed by atoms with Crippen molar-refractivity contribution in [2.45, 2.75) is 33.9 Å². The van der Waals surface area contributed by atoms with Crippen LogP contribution in [0.25, 0.3) is 11.3 Å². The Labute approximate surface area is 141 Å². The summed E-state index contributed by atoms with van der Waals surface area (Å²) in [6, 6.07) is 10.2. The van der Waals surface area contributed by atoms with Crippen molar-refractivity contribution in [1.82, 2.24) is 9.78 Å². The molecule has 3 rings (SSSR count). The Hall–Kier alpha value is -2.53. The lowest BCUT2D eigenvalue weighted by Gasteiger charge is -2.12. The van der Waals surface area contributed by atoms with Crippen LogP contribution >= 0.6 is 0 Å². The highest BCUT2D eigenvalue weighted by atomic mass is 16.3. The predicted octanol–water partition coefficient (Wildman–Crippen LogP) is 3.67. The second kappa shape index (κ2) is 6.93. The number of nitrogens with one attached hydrogen (secondary N) is 1. The maximum atomic E-state index is 9.30. The molecular weight excluding hydrogens is 302 g/mol. The van der Waals surface area contributed by atoms with Crippen molar-refractivity contribution in [2.75, 3.05) is 11.9 Å². The molecule has 0 spiro atoms. The Bertz CT molecular complexity index is 833. The van der Waals surface area contributed by atoms with E-state index in [1.165, 1.54) is 16.7 Å². The van der Waals surface area contributed by atoms with Gasteiger partial charge in [0.2, 0.25) is 0 Å². The molecule has 0 aliphatic carbocycles. The molecule has 3 aromatic rings. The van der Waals surface area contributed by atoms with E-state index in [0.29, 0.717) is 13.1 Å². The molecule has 0 amide bonds. The van der Waals surface area contributed by atoms with E-state index >= 15 is 0 Å². The molecule has 0 aliphatic rings. The van der Waals surface area contributed by atoms with Gasteiger partial charge in [-0.1, -0.05) is 18.2 Å². The van der Waals surface area contributed by atoms with Crippen LogP contribution in [0, 0.1) is 20.8 Å². The molecule has 0 saturated carbocycles. The SMILES string of the molecule is Cc1cccc(CNc2cc(-c3ccoc3C)nn2CCO)c1C. The molecule has 24 heavy (non-hydrogen) atoms. The predicted molar refractivity (Wildman–Crippen MR) is 95.0 cm³/mol. The maximum Gasteiger partial charge on any atom is 0.125 e. The van der Waals surface area contributed by atoms with Crippen LogP contribution in [0.5, 0.6) is 0 Å². The minimum absolute atomic E-state index is 0.0453. The van der Waals surface area contributed by atoms with Crippen molar-refractivity contribution < 1.29 is 9.52 Å². The Morgan fingerprint density at radius 2 is 2.04 bits per heavy atom. The first-order valence-corrected chi connectivity index (χ1v) is 8.12. The average Bonchev–Trinajstić information content (AvgIpc) is 3.15. The number of aliphatic hydroxyl groups excluding tert-OH is 1. The molecule has 2 N–H and O–H groups in total. The number of rotatable bonds is 6. The molecular formula is C19H23N3O2. The molecule has 0 radical (unpaired) electrons. The lowest BCUT2D eigenvalue weighted by molar-refractivity contribution is 0.270. The van der Waals surface area contributed by atoms with Crippen LogP contribution in [0.15, 0.2) is 41.0 Å². The molecule has 1 aromatic carbocycles. The van der Waals surface area contributed by atoms with E-state index in [-0.39, 0.29) is 6.61 Å². The third-order valence-corrected chi connectivity index (χ3v) is 4.40. The number of aliphatic hydroxyl groups is 1. The van der Waals surface area contributed by atoms with Gasteiger partial charge in [-0.25, -0.2) is 4.68 Å². The van der Waals surface area contributed by atoms with Gasteiger partial charge in [0.15, 0.2) is 0 Å². The van der Waals surface area contributed by atoms with Crippen LogP contribution in [0.1, 0.15) is 22.5 Å². The molecule has 0 bridgehead atoms. The zero-order chi connectivity index (χ0) is 17.1. The van der Waals surface area contributed by atoms with Crippen molar-refractivity contribution in [3.63, 3.8) is 0 Å². The van der Waals surface area contributed by atoms with Gasteiger partial charge in [0, 0.05) is 18.2 Å². The van der Waals surface area contributed by atoms with Crippen LogP contribution in [-0.2, 0) is 13.1 Å². The van der Waals surface area contributed by atoms with Gasteiger partial charge in [-0.15, -0.1) is 0 Å². The summed E-state index contributed by atoms with van der Waals surface area (Å²) in [4.78, 5) is 0. The molecule has 0 atom stereocenters. The highest BCUT2D eigenvalue weighted by molar-refractivity contribution is 5.64. The normalized spacial score (nSPS) is 11.0. The van der Waals surface area contributed by atoms with Gasteiger partial charge in [0.1, 0.15) is 11.6 Å². The number of aryl methyl sites for hydroxylation is 2. The van der Waals surface area contributed by atoms with Crippen LogP contribution in [0.2, 0.25) is 0 Å². The Kier molecular flexibility index (Phi) is 4.71. The van der Waals surface area contributed by atoms with E-state index in [1.807, 2.05) is 19.1 Å². The molecule has 126 valence electrons. The maximum absolute atomic E-state index is 9.30. The number of hydrogen-bond acceptors (Lipinski definition) is 4. The minimum Gasteiger partial charge on any atom is -0.469 e. The summed E-state index contributed by atoms with van der Waals surface area (Å²) >= 11 is 0. The molecule has 0 saturated heterocycles. The van der Waals surface area contributed by atoms with Gasteiger partial charge in [-0.2, -0.15) is 5.10 Å². The molecule has 5 nitrogen and oxygen atoms in total. The smallest absolute Gasteiger partial charge is 0.125 e. The summed E-state index contributed by atoms with van der Waals surface area (Å²) in [5.74, 6) is 1.73. The summed E-state index contributed by atoms with van der Waals surface area (Å²) in [7, 11) is 0. The number of furan rings is 1. The fourth-order valence-electron chi connectivity index (χ4n) is 2.80. The summed E-state index contributed by atoms with van der Waals surface area (Å²) < 4.78 is 7.17. The molecule has 0 fully saturated rings. The standard InChI is InChI=1S/C19H23N3O2/c1-13-5-4-6-16(14(13)2)12-20-19-11-18(21-22(19)8-9-23)17-7-10-24-15(17)3/h4-7,10-11,20,23H,8-9,12H2,1-3H3. The lowest BCUT2D eigenvalue weighted by Crippen LogP contribution is -2.11. The highest BCUT2D eigenvalue weighted by Crippen LogP contribution is 2.26. The van der Waals surface area contributed by atoms with Crippen molar-refractivity contribution >= 4 is 5.82 Å². The van der Waals surface area contributed by atoms with E-state index < -0.39 is 0 Å². The second-order valence-electron chi connectivity index (χ2n) is 5.96. The first-order chi connectivity index (χ1) is 11.6. The molecule has 0 unspecified atom stereocenters. The van der Waals surface area contributed by atoms with Crippen LogP contribution in [0.4, 0.5) is 5.82 Å². The summed E-state index contributed by atoms with van der Waals surface area (Å²) in [5, 5.41) is 17.3. The van der Waals surface area contributed by atoms with Gasteiger partial charge < -0.3 is 14.8 Å². The van der Waals surface area contributed by atoms with Gasteiger partial charge in [-0.05, 0) is 43.5 Å². The number of benzene rings is 1. The number of hydrogen-bond donors (Lipinski definition) is 2. The van der Waals surface area contributed by atoms with Gasteiger partial charge >= 0.3 is 0 Å². The number of aromatic nitrogens is 2. The monoisotopic (exact) mass is 325 g/mol. The molecule has 2 aromatic heterocycles. The lowest BCUT2D eigenvalue weighted by atomic mass is 10.0. The zero-order valence-electron chi connectivity index (χ0n) is 14.3. The topological polar surface area (TPSA) is 63.2 Å². The van der Waals surface area contributed by atoms with Crippen LogP contribution in [0.3, 0.4) is 0 Å². The first kappa shape index (κ1) is 16.3. The van der Waals surface area contributed by atoms with E-state index in [2.05, 4.69) is 42.5 Å². The first-order valence-electron chi connectivity index (χ1n) is 8.12. The third kappa shape index (κ3) is 3.21. The second-order valence-corrected chi connectivity index (χ2v) is 5.96. The zero-order valence-corrected chi connectivity index (χ0v) is 14.3. The van der Waals surface area contributed by atoms with Crippen molar-refractivity contribution in [1.29, 1.82) is 0 Å². The summed E-state index contributed by atoms with van der Waals surface area (Å²) in [5.41, 5.74) is 5.66. The van der Waals surface area contributed by atoms with Gasteiger partial charge in [-0.3, -0.25) is 0 Å². The van der Waals surface area contributed by atoms with Crippen molar-refractivity contribution in [3.05, 3.63) is 59.0 Å². The van der Waals surface area contributed by atoms with Crippen molar-refractivity contribution in [2.24, 2.45) is 0 Å². The fraction of sp³-hybridized carbons (Fsp3) is 0.316. The van der Waals surface area contributed by atoms with E-state index in [1.54, 1.807) is 10.9 Å². The van der Waals surface area contributed by atoms with E-state index in [4.69, 9.17) is 4.42 Å². The number of nitrogens with zero attached hydrogens (tertiary/aromatic N) is 2. The molecule has 2 heterocycles. The Morgan fingerprint density at radius 1 is 1.21 bits per heavy atom. The largest absolute Gasteiger partial charge is 0.469 e. The van der Waals surface area contributed by atoms with E-state index in [9.17, 15) is 5.11 Å². The van der Waals surface area contributed by atoms with Gasteiger partial charge in [0.05, 0.1) is 25.1 Å². The summed E-state index contributed by atoms with van der Waals surface area (Å²) in [6.45, 7) is 7.39. The van der Waals surface area contributed by atoms with Gasteiger partial charge in [0.25, 0.3) is 0 Å². The third-order valence-electron chi connectivity index (χ3n) is 4.40. The Morgan fingerprint density at radius 3 is 2.75 bits per heavy atom. The van der Waals surface area contributed by atoms with Crippen LogP contribution < -0.4 is 5.32 Å². The van der Waals surface area contributed by atoms with Crippen LogP contribution in [-0.4, -0.2) is 21.5 Å². The number of anilines is 1. The van der Waals surface area contributed by atoms with Crippen molar-refractivity contribution in [3.8, 4) is 11.3 Å². The molecule has 5 heteroatoms. The van der Waals surface area contributed by atoms with E-state index in [0.717, 1.165) is 22.8 Å². The quantitative estimate of drug-likeness (QED) is 0.726. The summed E-state index contributed by atoms with van der Waals surface area (Å²) in [6.07, 6.45) is 1.67. The highest BCUT2D eigenvalue weighted by Gasteiger charge is 2.13. The molecule has 0 aliphatic heterocycles. The average molecular weight is 325 g/mol. The Balaban J connectivity index is 1.85. The minimum atomic E-state index is 0.0453.